The summed E-state index contributed by atoms with van der Waals surface area (Å²) in [6.07, 6.45) is 5.34. The zero-order chi connectivity index (χ0) is 12.9. The predicted molar refractivity (Wildman–Crippen MR) is 75.6 cm³/mol. The van der Waals surface area contributed by atoms with Gasteiger partial charge in [0, 0.05) is 0 Å². The van der Waals surface area contributed by atoms with Crippen molar-refractivity contribution in [2.75, 3.05) is 0 Å². The lowest BCUT2D eigenvalue weighted by Crippen LogP contribution is -2.33. The second-order valence-electron chi connectivity index (χ2n) is 7.03. The molecule has 1 N–H and O–H groups in total. The number of carbonyl (C=O) groups excluding carboxylic acids is 1. The summed E-state index contributed by atoms with van der Waals surface area (Å²) in [5.41, 5.74) is 0.000695. The van der Waals surface area contributed by atoms with Crippen molar-refractivity contribution < 1.29 is 4.79 Å². The van der Waals surface area contributed by atoms with E-state index >= 15 is 0 Å². The zero-order valence-corrected chi connectivity index (χ0v) is 12.2. The second kappa shape index (κ2) is 4.26. The van der Waals surface area contributed by atoms with E-state index in [-0.39, 0.29) is 16.6 Å². The van der Waals surface area contributed by atoms with Gasteiger partial charge in [0.25, 0.3) is 0 Å². The lowest BCUT2D eigenvalue weighted by atomic mass is 9.91. The molecule has 3 fully saturated rings. The molecule has 0 aromatic rings. The average Bonchev–Trinajstić information content (AvgIpc) is 2.92. The fraction of sp³-hybridized carbons (Fsp3) is 0.857. The molecule has 2 saturated carbocycles. The highest BCUT2D eigenvalue weighted by atomic mass is 32.2. The minimum atomic E-state index is 0.000695. The fourth-order valence-electron chi connectivity index (χ4n) is 3.52. The number of thioether (sulfide) groups is 1. The Balaban J connectivity index is 1.70. The third kappa shape index (κ3) is 2.20. The van der Waals surface area contributed by atoms with Gasteiger partial charge in [0.2, 0.25) is 5.91 Å². The van der Waals surface area contributed by atoms with Crippen LogP contribution in [-0.4, -0.2) is 22.4 Å². The van der Waals surface area contributed by atoms with Crippen LogP contribution in [0.4, 0.5) is 0 Å². The maximum atomic E-state index is 12.0. The van der Waals surface area contributed by atoms with Crippen LogP contribution in [0.15, 0.2) is 4.99 Å². The maximum Gasteiger partial charge on any atom is 0.240 e. The lowest BCUT2D eigenvalue weighted by Gasteiger charge is -2.22. The van der Waals surface area contributed by atoms with Crippen LogP contribution in [0.1, 0.15) is 46.5 Å². The number of nitrogens with zero attached hydrogens (tertiary/aromatic N) is 1. The van der Waals surface area contributed by atoms with Crippen molar-refractivity contribution in [2.45, 2.75) is 57.7 Å². The molecule has 4 heteroatoms. The molecule has 3 aliphatic rings. The van der Waals surface area contributed by atoms with E-state index < -0.39 is 0 Å². The highest BCUT2D eigenvalue weighted by Gasteiger charge is 2.42. The van der Waals surface area contributed by atoms with E-state index in [4.69, 9.17) is 4.99 Å². The van der Waals surface area contributed by atoms with Crippen molar-refractivity contribution in [2.24, 2.45) is 22.2 Å². The summed E-state index contributed by atoms with van der Waals surface area (Å²) >= 11 is 1.63. The van der Waals surface area contributed by atoms with E-state index in [1.807, 2.05) is 0 Å². The molecular weight excluding hydrogens is 244 g/mol. The molecule has 0 aromatic carbocycles. The lowest BCUT2D eigenvalue weighted by molar-refractivity contribution is -0.120. The molecule has 2 aliphatic carbocycles. The highest BCUT2D eigenvalue weighted by Crippen LogP contribution is 2.46. The van der Waals surface area contributed by atoms with E-state index in [0.29, 0.717) is 6.04 Å². The molecule has 1 heterocycles. The van der Waals surface area contributed by atoms with Crippen molar-refractivity contribution >= 4 is 22.8 Å². The van der Waals surface area contributed by atoms with Gasteiger partial charge in [0.05, 0.1) is 11.3 Å². The number of amidine groups is 1. The topological polar surface area (TPSA) is 41.5 Å². The van der Waals surface area contributed by atoms with Gasteiger partial charge < -0.3 is 5.32 Å². The molecule has 1 unspecified atom stereocenters. The van der Waals surface area contributed by atoms with Gasteiger partial charge in [0.15, 0.2) is 5.17 Å². The third-order valence-electron chi connectivity index (χ3n) is 4.47. The van der Waals surface area contributed by atoms with Gasteiger partial charge in [0.1, 0.15) is 0 Å². The maximum absolute atomic E-state index is 12.0. The smallest absolute Gasteiger partial charge is 0.240 e. The molecule has 0 spiro atoms. The molecule has 3 rings (SSSR count). The molecule has 1 amide bonds. The first kappa shape index (κ1) is 12.5. The van der Waals surface area contributed by atoms with Gasteiger partial charge >= 0.3 is 0 Å². The minimum Gasteiger partial charge on any atom is -0.304 e. The molecular formula is C14H22N2OS. The van der Waals surface area contributed by atoms with Gasteiger partial charge in [-0.1, -0.05) is 39.0 Å². The van der Waals surface area contributed by atoms with Crippen molar-refractivity contribution in [3.63, 3.8) is 0 Å². The Bertz CT molecular complexity index is 399. The quantitative estimate of drug-likeness (QED) is 0.793. The van der Waals surface area contributed by atoms with Gasteiger partial charge in [-0.2, -0.15) is 0 Å². The summed E-state index contributed by atoms with van der Waals surface area (Å²) in [5.74, 6) is 1.83. The fourth-order valence-corrected chi connectivity index (χ4v) is 4.62. The monoisotopic (exact) mass is 266 g/mol. The van der Waals surface area contributed by atoms with E-state index in [2.05, 4.69) is 26.1 Å². The first-order chi connectivity index (χ1) is 8.43. The Kier molecular flexibility index (Phi) is 2.96. The van der Waals surface area contributed by atoms with Gasteiger partial charge in [-0.15, -0.1) is 0 Å². The SMILES string of the molecule is CC(C)(C)C1SC(=N[C@H]2C[C@H]3CC[C@H]2C3)NC1=O. The summed E-state index contributed by atoms with van der Waals surface area (Å²) in [7, 11) is 0. The van der Waals surface area contributed by atoms with Crippen LogP contribution >= 0.6 is 11.8 Å². The van der Waals surface area contributed by atoms with E-state index in [1.54, 1.807) is 11.8 Å². The van der Waals surface area contributed by atoms with Crippen molar-refractivity contribution in [1.29, 1.82) is 0 Å². The number of rotatable bonds is 1. The summed E-state index contributed by atoms with van der Waals surface area (Å²) in [6, 6.07) is 0.477. The number of hydrogen-bond acceptors (Lipinski definition) is 3. The van der Waals surface area contributed by atoms with Gasteiger partial charge in [-0.05, 0) is 36.5 Å². The predicted octanol–water partition coefficient (Wildman–Crippen LogP) is 2.81. The largest absolute Gasteiger partial charge is 0.304 e. The van der Waals surface area contributed by atoms with Crippen molar-refractivity contribution in [1.82, 2.24) is 5.32 Å². The summed E-state index contributed by atoms with van der Waals surface area (Å²) in [4.78, 5) is 16.8. The molecule has 1 aliphatic heterocycles. The van der Waals surface area contributed by atoms with Crippen LogP contribution in [0.2, 0.25) is 0 Å². The molecule has 100 valence electrons. The normalized spacial score (nSPS) is 41.7. The van der Waals surface area contributed by atoms with Crippen LogP contribution in [0, 0.1) is 17.3 Å². The van der Waals surface area contributed by atoms with Crippen LogP contribution in [0.5, 0.6) is 0 Å². The number of nitrogens with one attached hydrogen (secondary N) is 1. The van der Waals surface area contributed by atoms with E-state index in [1.165, 1.54) is 25.7 Å². The molecule has 3 nitrogen and oxygen atoms in total. The zero-order valence-electron chi connectivity index (χ0n) is 11.4. The molecule has 1 saturated heterocycles. The van der Waals surface area contributed by atoms with Crippen LogP contribution < -0.4 is 5.32 Å². The molecule has 18 heavy (non-hydrogen) atoms. The van der Waals surface area contributed by atoms with Gasteiger partial charge in [-0.3, -0.25) is 9.79 Å². The third-order valence-corrected chi connectivity index (χ3v) is 6.06. The highest BCUT2D eigenvalue weighted by molar-refractivity contribution is 8.15. The number of aliphatic imine (C=N–C) groups is 1. The molecule has 0 radical (unpaired) electrons. The molecule has 4 atom stereocenters. The molecule has 0 aromatic heterocycles. The first-order valence-corrected chi connectivity index (χ1v) is 7.87. The van der Waals surface area contributed by atoms with Gasteiger partial charge in [-0.25, -0.2) is 0 Å². The summed E-state index contributed by atoms with van der Waals surface area (Å²) < 4.78 is 0. The summed E-state index contributed by atoms with van der Waals surface area (Å²) in [5, 5.41) is 3.85. The van der Waals surface area contributed by atoms with Crippen LogP contribution in [0.3, 0.4) is 0 Å². The van der Waals surface area contributed by atoms with E-state index in [0.717, 1.165) is 17.0 Å². The Labute approximate surface area is 113 Å². The number of carbonyl (C=O) groups is 1. The van der Waals surface area contributed by atoms with Crippen LogP contribution in [0.25, 0.3) is 0 Å². The average molecular weight is 266 g/mol. The standard InChI is InChI=1S/C14H22N2OS/c1-14(2,3)11-12(17)16-13(18-11)15-10-7-8-4-5-9(10)6-8/h8-11H,4-7H2,1-3H3,(H,15,16,17)/t8-,9-,10-,11?/m0/s1. The Morgan fingerprint density at radius 3 is 2.56 bits per heavy atom. The number of amides is 1. The Morgan fingerprint density at radius 1 is 1.28 bits per heavy atom. The van der Waals surface area contributed by atoms with Crippen LogP contribution in [-0.2, 0) is 4.79 Å². The minimum absolute atomic E-state index is 0.000695. The Hall–Kier alpha value is -0.510. The van der Waals surface area contributed by atoms with Crippen molar-refractivity contribution in [3.8, 4) is 0 Å². The second-order valence-corrected chi connectivity index (χ2v) is 8.12. The molecule has 2 bridgehead atoms. The van der Waals surface area contributed by atoms with E-state index in [9.17, 15) is 4.79 Å². The summed E-state index contributed by atoms with van der Waals surface area (Å²) in [6.45, 7) is 6.35. The Morgan fingerprint density at radius 2 is 2.06 bits per heavy atom. The van der Waals surface area contributed by atoms with Crippen molar-refractivity contribution in [3.05, 3.63) is 0 Å². The number of hydrogen-bond donors (Lipinski definition) is 1. The first-order valence-electron chi connectivity index (χ1n) is 6.99. The number of fused-ring (bicyclic) bond motifs is 2.